The highest BCUT2D eigenvalue weighted by molar-refractivity contribution is 9.11. The molecule has 78 valence electrons. The minimum absolute atomic E-state index is 0.884. The first-order valence-corrected chi connectivity index (χ1v) is 6.71. The first-order chi connectivity index (χ1) is 6.86. The third kappa shape index (κ3) is 2.67. The van der Waals surface area contributed by atoms with Gasteiger partial charge in [0.25, 0.3) is 0 Å². The standard InChI is InChI=1S/C9H14BrN3S/c10-8-11-12-9(14-8)13-6-4-2-1-3-5-7-13/h1-7H2. The van der Waals surface area contributed by atoms with Crippen LogP contribution in [0.3, 0.4) is 0 Å². The topological polar surface area (TPSA) is 29.0 Å². The minimum Gasteiger partial charge on any atom is -0.347 e. The molecular formula is C9H14BrN3S. The third-order valence-electron chi connectivity index (χ3n) is 2.52. The lowest BCUT2D eigenvalue weighted by Gasteiger charge is -2.23. The second-order valence-electron chi connectivity index (χ2n) is 3.59. The molecule has 1 aromatic heterocycles. The minimum atomic E-state index is 0.884. The maximum Gasteiger partial charge on any atom is 0.209 e. The molecule has 1 fully saturated rings. The molecule has 1 saturated heterocycles. The van der Waals surface area contributed by atoms with Gasteiger partial charge >= 0.3 is 0 Å². The van der Waals surface area contributed by atoms with Gasteiger partial charge < -0.3 is 4.90 Å². The van der Waals surface area contributed by atoms with Crippen LogP contribution in [0.1, 0.15) is 32.1 Å². The van der Waals surface area contributed by atoms with Crippen LogP contribution in [0.4, 0.5) is 5.13 Å². The SMILES string of the molecule is Brc1nnc(N2CCCCCCC2)s1. The van der Waals surface area contributed by atoms with Gasteiger partial charge in [0, 0.05) is 13.1 Å². The number of anilines is 1. The highest BCUT2D eigenvalue weighted by Gasteiger charge is 2.12. The average Bonchev–Trinajstić information content (AvgIpc) is 2.51. The summed E-state index contributed by atoms with van der Waals surface area (Å²) in [4.78, 5) is 2.36. The van der Waals surface area contributed by atoms with E-state index in [0.717, 1.165) is 22.1 Å². The number of hydrogen-bond acceptors (Lipinski definition) is 4. The van der Waals surface area contributed by atoms with Crippen molar-refractivity contribution < 1.29 is 0 Å². The van der Waals surface area contributed by atoms with Crippen molar-refractivity contribution in [1.29, 1.82) is 0 Å². The van der Waals surface area contributed by atoms with Crippen molar-refractivity contribution in [2.45, 2.75) is 32.1 Å². The van der Waals surface area contributed by atoms with Crippen LogP contribution in [-0.2, 0) is 0 Å². The smallest absolute Gasteiger partial charge is 0.209 e. The molecule has 0 N–H and O–H groups in total. The fraction of sp³-hybridized carbons (Fsp3) is 0.778. The molecule has 2 rings (SSSR count). The van der Waals surface area contributed by atoms with E-state index in [1.165, 1.54) is 32.1 Å². The molecule has 0 radical (unpaired) electrons. The first-order valence-electron chi connectivity index (χ1n) is 5.10. The molecule has 0 atom stereocenters. The van der Waals surface area contributed by atoms with Gasteiger partial charge in [-0.2, -0.15) is 0 Å². The average molecular weight is 276 g/mol. The van der Waals surface area contributed by atoms with E-state index in [2.05, 4.69) is 31.0 Å². The molecule has 2 heterocycles. The fourth-order valence-corrected chi connectivity index (χ4v) is 2.90. The lowest BCUT2D eigenvalue weighted by molar-refractivity contribution is 0.555. The molecule has 0 aliphatic carbocycles. The molecule has 1 aliphatic heterocycles. The fourth-order valence-electron chi connectivity index (χ4n) is 1.76. The van der Waals surface area contributed by atoms with Gasteiger partial charge in [-0.1, -0.05) is 30.6 Å². The largest absolute Gasteiger partial charge is 0.347 e. The first kappa shape index (κ1) is 10.4. The molecular weight excluding hydrogens is 262 g/mol. The monoisotopic (exact) mass is 275 g/mol. The summed E-state index contributed by atoms with van der Waals surface area (Å²) in [5.41, 5.74) is 0. The van der Waals surface area contributed by atoms with Crippen LogP contribution in [-0.4, -0.2) is 23.3 Å². The van der Waals surface area contributed by atoms with E-state index in [0.29, 0.717) is 0 Å². The number of rotatable bonds is 1. The molecule has 0 bridgehead atoms. The van der Waals surface area contributed by atoms with Crippen LogP contribution in [0.15, 0.2) is 3.92 Å². The van der Waals surface area contributed by atoms with E-state index >= 15 is 0 Å². The van der Waals surface area contributed by atoms with Gasteiger partial charge in [0.05, 0.1) is 0 Å². The number of hydrogen-bond donors (Lipinski definition) is 0. The van der Waals surface area contributed by atoms with Crippen molar-refractivity contribution in [1.82, 2.24) is 10.2 Å². The molecule has 1 aromatic rings. The molecule has 3 nitrogen and oxygen atoms in total. The van der Waals surface area contributed by atoms with Gasteiger partial charge in [0.2, 0.25) is 5.13 Å². The summed E-state index contributed by atoms with van der Waals surface area (Å²) in [6.07, 6.45) is 6.69. The Morgan fingerprint density at radius 1 is 1.00 bits per heavy atom. The summed E-state index contributed by atoms with van der Waals surface area (Å²) in [7, 11) is 0. The molecule has 0 saturated carbocycles. The summed E-state index contributed by atoms with van der Waals surface area (Å²) in [6, 6.07) is 0. The Balaban J connectivity index is 2.00. The van der Waals surface area contributed by atoms with Crippen molar-refractivity contribution >= 4 is 32.4 Å². The summed E-state index contributed by atoms with van der Waals surface area (Å²) in [5, 5.41) is 9.22. The Kier molecular flexibility index (Phi) is 3.75. The maximum absolute atomic E-state index is 4.16. The van der Waals surface area contributed by atoms with E-state index in [1.807, 2.05) is 0 Å². The van der Waals surface area contributed by atoms with Gasteiger partial charge in [-0.3, -0.25) is 0 Å². The summed E-state index contributed by atoms with van der Waals surface area (Å²) in [6.45, 7) is 2.28. The van der Waals surface area contributed by atoms with Crippen molar-refractivity contribution in [3.63, 3.8) is 0 Å². The summed E-state index contributed by atoms with van der Waals surface area (Å²) >= 11 is 4.98. The Labute approximate surface area is 96.7 Å². The molecule has 0 amide bonds. The van der Waals surface area contributed by atoms with Crippen molar-refractivity contribution in [3.8, 4) is 0 Å². The van der Waals surface area contributed by atoms with Crippen molar-refractivity contribution in [2.24, 2.45) is 0 Å². The second-order valence-corrected chi connectivity index (χ2v) is 5.82. The van der Waals surface area contributed by atoms with Crippen LogP contribution in [0, 0.1) is 0 Å². The van der Waals surface area contributed by atoms with Gasteiger partial charge in [-0.15, -0.1) is 10.2 Å². The molecule has 0 spiro atoms. The summed E-state index contributed by atoms with van der Waals surface area (Å²) < 4.78 is 0.884. The zero-order valence-electron chi connectivity index (χ0n) is 8.08. The van der Waals surface area contributed by atoms with Crippen molar-refractivity contribution in [2.75, 3.05) is 18.0 Å². The van der Waals surface area contributed by atoms with Crippen LogP contribution >= 0.6 is 27.3 Å². The highest BCUT2D eigenvalue weighted by atomic mass is 79.9. The Hall–Kier alpha value is -0.160. The second kappa shape index (κ2) is 5.07. The molecule has 1 aliphatic rings. The van der Waals surface area contributed by atoms with Crippen LogP contribution in [0.5, 0.6) is 0 Å². The van der Waals surface area contributed by atoms with E-state index < -0.39 is 0 Å². The third-order valence-corrected chi connectivity index (χ3v) is 3.93. The highest BCUT2D eigenvalue weighted by Crippen LogP contribution is 2.25. The zero-order valence-corrected chi connectivity index (χ0v) is 10.5. The number of halogens is 1. The van der Waals surface area contributed by atoms with Crippen LogP contribution < -0.4 is 4.90 Å². The number of aromatic nitrogens is 2. The number of nitrogens with zero attached hydrogens (tertiary/aromatic N) is 3. The van der Waals surface area contributed by atoms with Crippen LogP contribution in [0.25, 0.3) is 0 Å². The molecule has 5 heteroatoms. The van der Waals surface area contributed by atoms with Crippen LogP contribution in [0.2, 0.25) is 0 Å². The lowest BCUT2D eigenvalue weighted by atomic mass is 10.1. The van der Waals surface area contributed by atoms with Gasteiger partial charge in [-0.05, 0) is 28.8 Å². The molecule has 14 heavy (non-hydrogen) atoms. The Morgan fingerprint density at radius 3 is 2.21 bits per heavy atom. The van der Waals surface area contributed by atoms with E-state index in [1.54, 1.807) is 11.3 Å². The van der Waals surface area contributed by atoms with Crippen molar-refractivity contribution in [3.05, 3.63) is 3.92 Å². The van der Waals surface area contributed by atoms with E-state index in [-0.39, 0.29) is 0 Å². The van der Waals surface area contributed by atoms with Gasteiger partial charge in [0.15, 0.2) is 3.92 Å². The zero-order chi connectivity index (χ0) is 9.80. The summed E-state index contributed by atoms with van der Waals surface area (Å²) in [5.74, 6) is 0. The molecule has 0 unspecified atom stereocenters. The Bertz CT molecular complexity index is 281. The van der Waals surface area contributed by atoms with Gasteiger partial charge in [0.1, 0.15) is 0 Å². The lowest BCUT2D eigenvalue weighted by Crippen LogP contribution is -2.26. The quantitative estimate of drug-likeness (QED) is 0.789. The molecule has 0 aromatic carbocycles. The van der Waals surface area contributed by atoms with E-state index in [4.69, 9.17) is 0 Å². The Morgan fingerprint density at radius 2 is 1.64 bits per heavy atom. The predicted molar refractivity (Wildman–Crippen MR) is 62.9 cm³/mol. The normalized spacial score (nSPS) is 19.1. The van der Waals surface area contributed by atoms with Gasteiger partial charge in [-0.25, -0.2) is 0 Å². The van der Waals surface area contributed by atoms with E-state index in [9.17, 15) is 0 Å². The predicted octanol–water partition coefficient (Wildman–Crippen LogP) is 3.07. The maximum atomic E-state index is 4.16.